The molecule has 0 bridgehead atoms. The summed E-state index contributed by atoms with van der Waals surface area (Å²) in [6.45, 7) is 10.6. The second kappa shape index (κ2) is 11.6. The number of aliphatic imine (C=N–C) groups is 1. The van der Waals surface area contributed by atoms with Gasteiger partial charge in [0.1, 0.15) is 5.60 Å². The second-order valence-electron chi connectivity index (χ2n) is 7.64. The predicted molar refractivity (Wildman–Crippen MR) is 125 cm³/mol. The van der Waals surface area contributed by atoms with Gasteiger partial charge in [0, 0.05) is 25.0 Å². The average Bonchev–Trinajstić information content (AvgIpc) is 2.53. The van der Waals surface area contributed by atoms with Gasteiger partial charge >= 0.3 is 6.09 Å². The number of guanidine groups is 1. The summed E-state index contributed by atoms with van der Waals surface area (Å²) >= 11 is 1.72. The monoisotopic (exact) mass is 508 g/mol. The zero-order chi connectivity index (χ0) is 19.8. The predicted octanol–water partition coefficient (Wildman–Crippen LogP) is 3.99. The molecule has 0 fully saturated rings. The number of ether oxygens (including phenoxy) is 1. The van der Waals surface area contributed by atoms with E-state index in [4.69, 9.17) is 4.74 Å². The van der Waals surface area contributed by atoms with Crippen LogP contribution < -0.4 is 16.0 Å². The summed E-state index contributed by atoms with van der Waals surface area (Å²) in [5.74, 6) is 0.679. The smallest absolute Gasteiger partial charge is 0.408 e. The van der Waals surface area contributed by atoms with Crippen LogP contribution in [0.15, 0.2) is 34.2 Å². The molecule has 0 aliphatic heterocycles. The summed E-state index contributed by atoms with van der Waals surface area (Å²) in [6, 6.07) is 8.40. The van der Waals surface area contributed by atoms with Gasteiger partial charge in [-0.1, -0.05) is 12.1 Å². The zero-order valence-electron chi connectivity index (χ0n) is 17.3. The molecule has 0 aliphatic carbocycles. The van der Waals surface area contributed by atoms with Crippen LogP contribution >= 0.6 is 35.7 Å². The largest absolute Gasteiger partial charge is 0.444 e. The molecule has 0 saturated heterocycles. The van der Waals surface area contributed by atoms with Crippen molar-refractivity contribution in [1.82, 2.24) is 16.0 Å². The number of halogens is 1. The molecule has 0 heterocycles. The summed E-state index contributed by atoms with van der Waals surface area (Å²) in [5, 5.41) is 9.38. The van der Waals surface area contributed by atoms with Crippen molar-refractivity contribution in [2.45, 2.75) is 57.2 Å². The van der Waals surface area contributed by atoms with Gasteiger partial charge in [-0.25, -0.2) is 4.79 Å². The van der Waals surface area contributed by atoms with Crippen LogP contribution in [0.1, 0.15) is 40.2 Å². The minimum absolute atomic E-state index is 0. The lowest BCUT2D eigenvalue weighted by atomic mass is 10.1. The van der Waals surface area contributed by atoms with Crippen LogP contribution in [0.3, 0.4) is 0 Å². The molecule has 0 aliphatic rings. The van der Waals surface area contributed by atoms with Crippen LogP contribution in [0.5, 0.6) is 0 Å². The summed E-state index contributed by atoms with van der Waals surface area (Å²) in [6.07, 6.45) is 1.63. The van der Waals surface area contributed by atoms with Gasteiger partial charge in [0.2, 0.25) is 0 Å². The Morgan fingerprint density at radius 3 is 2.19 bits per heavy atom. The molecule has 1 rings (SSSR count). The number of alkyl carbamates (subject to hydrolysis) is 1. The van der Waals surface area contributed by atoms with Gasteiger partial charge in [-0.2, -0.15) is 0 Å². The highest BCUT2D eigenvalue weighted by Crippen LogP contribution is 2.14. The first kappa shape index (κ1) is 25.8. The van der Waals surface area contributed by atoms with Gasteiger partial charge in [-0.3, -0.25) is 4.99 Å². The van der Waals surface area contributed by atoms with Crippen LogP contribution in [0.4, 0.5) is 4.79 Å². The number of hydrogen-bond acceptors (Lipinski definition) is 4. The maximum absolute atomic E-state index is 11.9. The number of carbonyl (C=O) groups is 1. The normalized spacial score (nSPS) is 12.0. The Bertz CT molecular complexity index is 613. The maximum Gasteiger partial charge on any atom is 0.408 e. The van der Waals surface area contributed by atoms with E-state index < -0.39 is 17.2 Å². The van der Waals surface area contributed by atoms with Crippen molar-refractivity contribution in [3.8, 4) is 0 Å². The maximum atomic E-state index is 11.9. The number of nitrogens with zero attached hydrogens (tertiary/aromatic N) is 1. The molecule has 6 nitrogen and oxygen atoms in total. The van der Waals surface area contributed by atoms with Crippen molar-refractivity contribution in [1.29, 1.82) is 0 Å². The molecule has 1 aromatic carbocycles. The van der Waals surface area contributed by atoms with Crippen molar-refractivity contribution < 1.29 is 9.53 Å². The van der Waals surface area contributed by atoms with E-state index in [1.807, 2.05) is 34.6 Å². The molecule has 1 aromatic rings. The Hall–Kier alpha value is -1.16. The summed E-state index contributed by atoms with van der Waals surface area (Å²) in [7, 11) is 1.72. The van der Waals surface area contributed by atoms with Crippen LogP contribution in [0.2, 0.25) is 0 Å². The highest BCUT2D eigenvalue weighted by Gasteiger charge is 2.24. The fourth-order valence-corrected chi connectivity index (χ4v) is 2.49. The van der Waals surface area contributed by atoms with E-state index in [1.165, 1.54) is 10.5 Å². The lowest BCUT2D eigenvalue weighted by Crippen LogP contribution is -2.54. The van der Waals surface area contributed by atoms with Gasteiger partial charge in [-0.05, 0) is 58.6 Å². The van der Waals surface area contributed by atoms with Crippen molar-refractivity contribution in [2.75, 3.05) is 19.8 Å². The average molecular weight is 508 g/mol. The molecular weight excluding hydrogens is 475 g/mol. The molecule has 0 atom stereocenters. The Morgan fingerprint density at radius 2 is 1.70 bits per heavy atom. The van der Waals surface area contributed by atoms with E-state index in [-0.39, 0.29) is 24.0 Å². The Labute approximate surface area is 184 Å². The highest BCUT2D eigenvalue weighted by atomic mass is 127. The minimum Gasteiger partial charge on any atom is -0.444 e. The number of amides is 1. The van der Waals surface area contributed by atoms with Gasteiger partial charge in [0.25, 0.3) is 0 Å². The third-order valence-electron chi connectivity index (χ3n) is 3.38. The van der Waals surface area contributed by atoms with E-state index in [9.17, 15) is 4.79 Å². The molecule has 0 radical (unpaired) electrons. The second-order valence-corrected chi connectivity index (χ2v) is 8.52. The SMILES string of the molecule is CN=C(NCc1ccc(SC)cc1)NCC(C)(C)NC(=O)OC(C)(C)C.I. The molecule has 8 heteroatoms. The first-order chi connectivity index (χ1) is 12.0. The van der Waals surface area contributed by atoms with Crippen molar-refractivity contribution >= 4 is 47.8 Å². The van der Waals surface area contributed by atoms with E-state index in [2.05, 4.69) is 51.5 Å². The van der Waals surface area contributed by atoms with Gasteiger partial charge in [0.05, 0.1) is 5.54 Å². The number of hydrogen-bond donors (Lipinski definition) is 3. The van der Waals surface area contributed by atoms with Crippen LogP contribution in [0, 0.1) is 0 Å². The van der Waals surface area contributed by atoms with Gasteiger partial charge in [-0.15, -0.1) is 35.7 Å². The molecule has 0 saturated carbocycles. The number of nitrogens with one attached hydrogen (secondary N) is 3. The first-order valence-electron chi connectivity index (χ1n) is 8.63. The summed E-state index contributed by atoms with van der Waals surface area (Å²) in [4.78, 5) is 17.4. The fraction of sp³-hybridized carbons (Fsp3) is 0.579. The summed E-state index contributed by atoms with van der Waals surface area (Å²) < 4.78 is 5.31. The fourth-order valence-electron chi connectivity index (χ4n) is 2.08. The topological polar surface area (TPSA) is 74.8 Å². The molecule has 0 unspecified atom stereocenters. The molecule has 0 spiro atoms. The molecule has 27 heavy (non-hydrogen) atoms. The lowest BCUT2D eigenvalue weighted by Gasteiger charge is -2.29. The summed E-state index contributed by atoms with van der Waals surface area (Å²) in [5.41, 5.74) is 0.175. The van der Waals surface area contributed by atoms with Crippen molar-refractivity contribution in [3.63, 3.8) is 0 Å². The van der Waals surface area contributed by atoms with Crippen molar-refractivity contribution in [2.24, 2.45) is 4.99 Å². The quantitative estimate of drug-likeness (QED) is 0.235. The van der Waals surface area contributed by atoms with Gasteiger partial charge < -0.3 is 20.7 Å². The number of benzene rings is 1. The Morgan fingerprint density at radius 1 is 1.11 bits per heavy atom. The van der Waals surface area contributed by atoms with Crippen LogP contribution in [0.25, 0.3) is 0 Å². The molecule has 3 N–H and O–H groups in total. The number of rotatable bonds is 6. The van der Waals surface area contributed by atoms with E-state index in [0.717, 1.165) is 0 Å². The number of thioether (sulfide) groups is 1. The standard InChI is InChI=1S/C19H32N4O2S.HI/c1-18(2,3)25-17(24)23-19(4,5)13-22-16(20-6)21-12-14-8-10-15(26-7)11-9-14;/h8-11H,12-13H2,1-7H3,(H,23,24)(H2,20,21,22);1H. The highest BCUT2D eigenvalue weighted by molar-refractivity contribution is 14.0. The lowest BCUT2D eigenvalue weighted by molar-refractivity contribution is 0.0474. The van der Waals surface area contributed by atoms with Crippen LogP contribution in [-0.2, 0) is 11.3 Å². The van der Waals surface area contributed by atoms with Gasteiger partial charge in [0.15, 0.2) is 5.96 Å². The molecule has 1 amide bonds. The Balaban J connectivity index is 0.00000676. The Kier molecular flexibility index (Phi) is 11.1. The van der Waals surface area contributed by atoms with Crippen LogP contribution in [-0.4, -0.2) is 43.0 Å². The number of carbonyl (C=O) groups excluding carboxylic acids is 1. The van der Waals surface area contributed by atoms with E-state index >= 15 is 0 Å². The minimum atomic E-state index is -0.517. The zero-order valence-corrected chi connectivity index (χ0v) is 20.5. The van der Waals surface area contributed by atoms with E-state index in [0.29, 0.717) is 19.0 Å². The molecule has 0 aromatic heterocycles. The first-order valence-corrected chi connectivity index (χ1v) is 9.86. The third-order valence-corrected chi connectivity index (χ3v) is 4.12. The third kappa shape index (κ3) is 11.3. The molecule has 154 valence electrons. The van der Waals surface area contributed by atoms with E-state index in [1.54, 1.807) is 18.8 Å². The molecular formula is C19H33IN4O2S. The van der Waals surface area contributed by atoms with Crippen molar-refractivity contribution in [3.05, 3.63) is 29.8 Å².